The van der Waals surface area contributed by atoms with E-state index in [1.165, 1.54) is 40.4 Å². The standard InChI is InChI=1S/C32H39FN6O/c1-21-5-2-6-22-7-3-8-28(29(21)22)37-14-11-26-27(19-37)35-31(36-30(26)38-17-24-9-10-25(18-38)34-24)40-20-32-12-4-13-39(32)16-23(33)15-32/h2-3,5-8,23-25,34H,4,9-20H2,1H3/t23-,24?,25?,32?/m1/s1. The number of anilines is 2. The summed E-state index contributed by atoms with van der Waals surface area (Å²) in [5.41, 5.74) is 4.69. The van der Waals surface area contributed by atoms with E-state index < -0.39 is 6.17 Å². The topological polar surface area (TPSA) is 56.8 Å². The van der Waals surface area contributed by atoms with Gasteiger partial charge >= 0.3 is 6.01 Å². The van der Waals surface area contributed by atoms with Gasteiger partial charge in [0.2, 0.25) is 0 Å². The lowest BCUT2D eigenvalue weighted by Gasteiger charge is -2.38. The van der Waals surface area contributed by atoms with Crippen LogP contribution in [0.2, 0.25) is 0 Å². The number of hydrogen-bond acceptors (Lipinski definition) is 7. The maximum atomic E-state index is 14.4. The number of piperazine rings is 1. The lowest BCUT2D eigenvalue weighted by atomic mass is 9.95. The summed E-state index contributed by atoms with van der Waals surface area (Å²) in [7, 11) is 0. The van der Waals surface area contributed by atoms with Crippen LogP contribution in [0, 0.1) is 6.92 Å². The van der Waals surface area contributed by atoms with Crippen LogP contribution in [0.1, 0.15) is 48.9 Å². The number of fused-ring (bicyclic) bond motifs is 5. The number of aryl methyl sites for hydroxylation is 1. The number of hydrogen-bond donors (Lipinski definition) is 1. The first-order valence-electron chi connectivity index (χ1n) is 15.2. The highest BCUT2D eigenvalue weighted by atomic mass is 19.1. The zero-order valence-electron chi connectivity index (χ0n) is 23.4. The van der Waals surface area contributed by atoms with Gasteiger partial charge in [0, 0.05) is 61.3 Å². The first kappa shape index (κ1) is 24.8. The molecule has 5 aliphatic heterocycles. The van der Waals surface area contributed by atoms with Crippen molar-refractivity contribution < 1.29 is 9.13 Å². The molecule has 0 radical (unpaired) electrons. The largest absolute Gasteiger partial charge is 0.461 e. The summed E-state index contributed by atoms with van der Waals surface area (Å²) in [6.45, 7) is 7.78. The van der Waals surface area contributed by atoms with Gasteiger partial charge in [-0.3, -0.25) is 4.90 Å². The number of rotatable bonds is 5. The number of halogens is 1. The van der Waals surface area contributed by atoms with Gasteiger partial charge in [0.25, 0.3) is 0 Å². The van der Waals surface area contributed by atoms with Crippen molar-refractivity contribution in [2.24, 2.45) is 0 Å². The fourth-order valence-corrected chi connectivity index (χ4v) is 8.31. The Bertz CT molecular complexity index is 1430. The number of aromatic nitrogens is 2. The summed E-state index contributed by atoms with van der Waals surface area (Å²) in [6, 6.07) is 14.7. The maximum absolute atomic E-state index is 14.4. The zero-order chi connectivity index (χ0) is 26.8. The Hall–Kier alpha value is -2.97. The van der Waals surface area contributed by atoms with Gasteiger partial charge in [-0.1, -0.05) is 30.3 Å². The van der Waals surface area contributed by atoms with Crippen molar-refractivity contribution in [2.75, 3.05) is 49.1 Å². The van der Waals surface area contributed by atoms with Crippen LogP contribution in [-0.2, 0) is 13.0 Å². The van der Waals surface area contributed by atoms with Crippen LogP contribution in [0.15, 0.2) is 36.4 Å². The van der Waals surface area contributed by atoms with Crippen molar-refractivity contribution in [3.05, 3.63) is 53.2 Å². The Balaban J connectivity index is 1.14. The van der Waals surface area contributed by atoms with Crippen LogP contribution < -0.4 is 19.9 Å². The second kappa shape index (κ2) is 9.55. The minimum atomic E-state index is -0.766. The number of ether oxygens (including phenoxy) is 1. The number of nitrogens with one attached hydrogen (secondary N) is 1. The van der Waals surface area contributed by atoms with Gasteiger partial charge in [-0.05, 0) is 62.6 Å². The van der Waals surface area contributed by atoms with Crippen molar-refractivity contribution in [1.82, 2.24) is 20.2 Å². The van der Waals surface area contributed by atoms with Gasteiger partial charge in [-0.15, -0.1) is 0 Å². The molecule has 8 rings (SSSR count). The Labute approximate surface area is 235 Å². The molecule has 4 saturated heterocycles. The SMILES string of the molecule is Cc1cccc2cccc(N3CCc4c(nc(OCC56CCCN5C[C@H](F)C6)nc4N4CC5CCC(C4)N5)C3)c12. The van der Waals surface area contributed by atoms with E-state index in [9.17, 15) is 4.39 Å². The molecule has 4 fully saturated rings. The van der Waals surface area contributed by atoms with E-state index in [1.807, 2.05) is 0 Å². The van der Waals surface area contributed by atoms with Gasteiger partial charge in [-0.25, -0.2) is 4.39 Å². The van der Waals surface area contributed by atoms with Crippen LogP contribution in [0.25, 0.3) is 10.8 Å². The smallest absolute Gasteiger partial charge is 0.318 e. The third-order valence-corrected chi connectivity index (χ3v) is 10.2. The van der Waals surface area contributed by atoms with Crippen LogP contribution >= 0.6 is 0 Å². The minimum absolute atomic E-state index is 0.209. The summed E-state index contributed by atoms with van der Waals surface area (Å²) in [5, 5.41) is 6.35. The molecule has 6 heterocycles. The Morgan fingerprint density at radius 1 is 1.02 bits per heavy atom. The normalized spacial score (nSPS) is 29.7. The Morgan fingerprint density at radius 2 is 1.85 bits per heavy atom. The molecule has 7 nitrogen and oxygen atoms in total. The highest BCUT2D eigenvalue weighted by Gasteiger charge is 2.49. The fraction of sp³-hybridized carbons (Fsp3) is 0.562. The average Bonchev–Trinajstić information content (AvgIpc) is 3.61. The van der Waals surface area contributed by atoms with E-state index in [2.05, 4.69) is 63.3 Å². The lowest BCUT2D eigenvalue weighted by Crippen LogP contribution is -2.52. The molecule has 0 saturated carbocycles. The molecule has 210 valence electrons. The maximum Gasteiger partial charge on any atom is 0.318 e. The Kier molecular flexibility index (Phi) is 5.92. The summed E-state index contributed by atoms with van der Waals surface area (Å²) >= 11 is 0. The molecule has 1 N–H and O–H groups in total. The molecule has 40 heavy (non-hydrogen) atoms. The summed E-state index contributed by atoms with van der Waals surface area (Å²) in [6.07, 6.45) is 5.26. The second-order valence-corrected chi connectivity index (χ2v) is 12.8. The van der Waals surface area contributed by atoms with Crippen molar-refractivity contribution in [1.29, 1.82) is 0 Å². The number of alkyl halides is 1. The molecule has 4 atom stereocenters. The van der Waals surface area contributed by atoms with Crippen LogP contribution in [0.4, 0.5) is 15.9 Å². The average molecular weight is 543 g/mol. The van der Waals surface area contributed by atoms with Crippen LogP contribution in [0.3, 0.4) is 0 Å². The molecule has 0 aliphatic carbocycles. The molecule has 5 aliphatic rings. The third-order valence-electron chi connectivity index (χ3n) is 10.2. The predicted octanol–water partition coefficient (Wildman–Crippen LogP) is 4.40. The van der Waals surface area contributed by atoms with Crippen LogP contribution in [0.5, 0.6) is 6.01 Å². The molecule has 2 aromatic carbocycles. The summed E-state index contributed by atoms with van der Waals surface area (Å²) in [5.74, 6) is 1.06. The monoisotopic (exact) mass is 542 g/mol. The predicted molar refractivity (Wildman–Crippen MR) is 156 cm³/mol. The van der Waals surface area contributed by atoms with E-state index in [1.54, 1.807) is 0 Å². The first-order chi connectivity index (χ1) is 19.5. The molecule has 2 bridgehead atoms. The van der Waals surface area contributed by atoms with Crippen molar-refractivity contribution in [2.45, 2.75) is 75.8 Å². The molecular weight excluding hydrogens is 503 g/mol. The van der Waals surface area contributed by atoms with Gasteiger partial charge < -0.3 is 19.9 Å². The van der Waals surface area contributed by atoms with Crippen molar-refractivity contribution in [3.63, 3.8) is 0 Å². The number of benzene rings is 2. The third kappa shape index (κ3) is 4.14. The van der Waals surface area contributed by atoms with Gasteiger partial charge in [0.1, 0.15) is 18.6 Å². The Morgan fingerprint density at radius 3 is 2.70 bits per heavy atom. The fourth-order valence-electron chi connectivity index (χ4n) is 8.31. The second-order valence-electron chi connectivity index (χ2n) is 12.8. The van der Waals surface area contributed by atoms with Gasteiger partial charge in [0.05, 0.1) is 17.8 Å². The summed E-state index contributed by atoms with van der Waals surface area (Å²) < 4.78 is 20.9. The van der Waals surface area contributed by atoms with E-state index in [0.717, 1.165) is 63.5 Å². The highest BCUT2D eigenvalue weighted by molar-refractivity contribution is 5.97. The molecule has 3 unspecified atom stereocenters. The van der Waals surface area contributed by atoms with Crippen molar-refractivity contribution >= 4 is 22.3 Å². The molecule has 8 heteroatoms. The van der Waals surface area contributed by atoms with Crippen molar-refractivity contribution in [3.8, 4) is 6.01 Å². The molecular formula is C32H39FN6O. The molecule has 0 amide bonds. The van der Waals surface area contributed by atoms with Gasteiger partial charge in [-0.2, -0.15) is 9.97 Å². The quantitative estimate of drug-likeness (QED) is 0.513. The van der Waals surface area contributed by atoms with E-state index in [-0.39, 0.29) is 5.54 Å². The number of nitrogens with zero attached hydrogens (tertiary/aromatic N) is 5. The highest BCUT2D eigenvalue weighted by Crippen LogP contribution is 2.41. The van der Waals surface area contributed by atoms with Crippen LogP contribution in [-0.4, -0.2) is 78.0 Å². The lowest BCUT2D eigenvalue weighted by molar-refractivity contribution is 0.107. The molecule has 3 aromatic rings. The minimum Gasteiger partial charge on any atom is -0.461 e. The molecule has 1 aromatic heterocycles. The summed E-state index contributed by atoms with van der Waals surface area (Å²) in [4.78, 5) is 17.4. The van der Waals surface area contributed by atoms with E-state index in [0.29, 0.717) is 37.7 Å². The first-order valence-corrected chi connectivity index (χ1v) is 15.2. The van der Waals surface area contributed by atoms with E-state index >= 15 is 0 Å². The van der Waals surface area contributed by atoms with Gasteiger partial charge in [0.15, 0.2) is 0 Å². The molecule has 0 spiro atoms. The van der Waals surface area contributed by atoms with E-state index in [4.69, 9.17) is 14.7 Å². The zero-order valence-corrected chi connectivity index (χ0v) is 23.4.